The quantitative estimate of drug-likeness (QED) is 0.650. The molecule has 0 aromatic rings. The first-order chi connectivity index (χ1) is 7.47. The molecule has 1 rings (SSSR count). The summed E-state index contributed by atoms with van der Waals surface area (Å²) in [5.41, 5.74) is 1.05. The fraction of sp³-hybridized carbons (Fsp3) is 0.857. The molecule has 2 N–H and O–H groups in total. The highest BCUT2D eigenvalue weighted by atomic mass is 15.0. The van der Waals surface area contributed by atoms with Gasteiger partial charge in [0, 0.05) is 19.6 Å². The van der Waals surface area contributed by atoms with Crippen LogP contribution in [0.2, 0.25) is 0 Å². The van der Waals surface area contributed by atoms with Gasteiger partial charge in [0.15, 0.2) is 0 Å². The van der Waals surface area contributed by atoms with Crippen LogP contribution in [-0.4, -0.2) is 19.6 Å². The van der Waals surface area contributed by atoms with Crippen molar-refractivity contribution in [2.75, 3.05) is 19.6 Å². The summed E-state index contributed by atoms with van der Waals surface area (Å²) < 4.78 is 0. The van der Waals surface area contributed by atoms with Crippen LogP contribution in [0.4, 0.5) is 0 Å². The first-order valence-electron chi connectivity index (χ1n) is 6.53. The standard InChI is InChI=1S/C14H28N2/c1-5-15-10-9-14(11-16-12-14)8-6-7-13(2,3)4/h5,15-16H,1,6-12H2,2-4H3. The molecule has 0 atom stereocenters. The van der Waals surface area contributed by atoms with Crippen molar-refractivity contribution < 1.29 is 0 Å². The van der Waals surface area contributed by atoms with Crippen LogP contribution < -0.4 is 10.6 Å². The third kappa shape index (κ3) is 4.56. The van der Waals surface area contributed by atoms with E-state index in [0.717, 1.165) is 6.54 Å². The average Bonchev–Trinajstić information content (AvgIpc) is 2.11. The van der Waals surface area contributed by atoms with E-state index in [4.69, 9.17) is 0 Å². The summed E-state index contributed by atoms with van der Waals surface area (Å²) in [6.45, 7) is 14.2. The summed E-state index contributed by atoms with van der Waals surface area (Å²) in [7, 11) is 0. The second-order valence-corrected chi connectivity index (χ2v) is 6.43. The van der Waals surface area contributed by atoms with Gasteiger partial charge in [0.1, 0.15) is 0 Å². The van der Waals surface area contributed by atoms with Crippen molar-refractivity contribution >= 4 is 0 Å². The second-order valence-electron chi connectivity index (χ2n) is 6.43. The van der Waals surface area contributed by atoms with Crippen LogP contribution in [0.15, 0.2) is 12.8 Å². The van der Waals surface area contributed by atoms with Crippen LogP contribution in [-0.2, 0) is 0 Å². The molecule has 16 heavy (non-hydrogen) atoms. The Bertz CT molecular complexity index is 211. The molecular weight excluding hydrogens is 196 g/mol. The molecule has 0 unspecified atom stereocenters. The predicted molar refractivity (Wildman–Crippen MR) is 71.4 cm³/mol. The molecule has 0 aliphatic carbocycles. The Kier molecular flexibility index (Phi) is 4.85. The summed E-state index contributed by atoms with van der Waals surface area (Å²) in [5, 5.41) is 6.64. The normalized spacial score (nSPS) is 18.9. The van der Waals surface area contributed by atoms with Gasteiger partial charge in [0.2, 0.25) is 0 Å². The molecule has 1 fully saturated rings. The lowest BCUT2D eigenvalue weighted by Gasteiger charge is -2.43. The lowest BCUT2D eigenvalue weighted by molar-refractivity contribution is 0.129. The average molecular weight is 224 g/mol. The summed E-state index contributed by atoms with van der Waals surface area (Å²) in [4.78, 5) is 0. The van der Waals surface area contributed by atoms with Crippen LogP contribution in [0, 0.1) is 10.8 Å². The zero-order valence-electron chi connectivity index (χ0n) is 11.2. The first kappa shape index (κ1) is 13.6. The lowest BCUT2D eigenvalue weighted by atomic mass is 9.73. The van der Waals surface area contributed by atoms with Gasteiger partial charge in [-0.25, -0.2) is 0 Å². The van der Waals surface area contributed by atoms with Gasteiger partial charge in [-0.05, 0) is 36.3 Å². The van der Waals surface area contributed by atoms with Gasteiger partial charge in [0.05, 0.1) is 0 Å². The Morgan fingerprint density at radius 1 is 1.31 bits per heavy atom. The van der Waals surface area contributed by atoms with Crippen molar-refractivity contribution in [2.24, 2.45) is 10.8 Å². The predicted octanol–water partition coefficient (Wildman–Crippen LogP) is 2.92. The maximum atomic E-state index is 3.69. The summed E-state index contributed by atoms with van der Waals surface area (Å²) in [5.74, 6) is 0. The molecule has 0 saturated carbocycles. The van der Waals surface area contributed by atoms with Crippen molar-refractivity contribution in [1.82, 2.24) is 10.6 Å². The monoisotopic (exact) mass is 224 g/mol. The van der Waals surface area contributed by atoms with Gasteiger partial charge >= 0.3 is 0 Å². The number of hydrogen-bond acceptors (Lipinski definition) is 2. The SMILES string of the molecule is C=CNCCC1(CCCC(C)(C)C)CNC1. The molecule has 0 aromatic carbocycles. The van der Waals surface area contributed by atoms with Gasteiger partial charge < -0.3 is 10.6 Å². The first-order valence-corrected chi connectivity index (χ1v) is 6.53. The Morgan fingerprint density at radius 2 is 2.00 bits per heavy atom. The van der Waals surface area contributed by atoms with Crippen molar-refractivity contribution in [2.45, 2.75) is 46.5 Å². The summed E-state index contributed by atoms with van der Waals surface area (Å²) >= 11 is 0. The van der Waals surface area contributed by atoms with Crippen LogP contribution >= 0.6 is 0 Å². The minimum Gasteiger partial charge on any atom is -0.391 e. The molecule has 1 heterocycles. The minimum atomic E-state index is 0.484. The molecule has 94 valence electrons. The minimum absolute atomic E-state index is 0.484. The van der Waals surface area contributed by atoms with Crippen LogP contribution in [0.25, 0.3) is 0 Å². The fourth-order valence-corrected chi connectivity index (χ4v) is 2.39. The third-order valence-corrected chi connectivity index (χ3v) is 3.58. The van der Waals surface area contributed by atoms with Crippen molar-refractivity contribution in [1.29, 1.82) is 0 Å². The van der Waals surface area contributed by atoms with E-state index in [1.54, 1.807) is 6.20 Å². The molecule has 1 saturated heterocycles. The summed E-state index contributed by atoms with van der Waals surface area (Å²) in [6, 6.07) is 0. The molecular formula is C14H28N2. The van der Waals surface area contributed by atoms with Gasteiger partial charge in [0.25, 0.3) is 0 Å². The molecule has 0 spiro atoms. The van der Waals surface area contributed by atoms with Gasteiger partial charge in [-0.3, -0.25) is 0 Å². The fourth-order valence-electron chi connectivity index (χ4n) is 2.39. The van der Waals surface area contributed by atoms with Gasteiger partial charge in [-0.1, -0.05) is 33.8 Å². The largest absolute Gasteiger partial charge is 0.391 e. The van der Waals surface area contributed by atoms with Crippen LogP contribution in [0.3, 0.4) is 0 Å². The molecule has 0 amide bonds. The Morgan fingerprint density at radius 3 is 2.44 bits per heavy atom. The van der Waals surface area contributed by atoms with Gasteiger partial charge in [-0.15, -0.1) is 0 Å². The Labute approximate surface area is 101 Å². The van der Waals surface area contributed by atoms with E-state index in [0.29, 0.717) is 10.8 Å². The van der Waals surface area contributed by atoms with E-state index >= 15 is 0 Å². The van der Waals surface area contributed by atoms with Crippen molar-refractivity contribution in [3.8, 4) is 0 Å². The van der Waals surface area contributed by atoms with E-state index in [9.17, 15) is 0 Å². The highest BCUT2D eigenvalue weighted by Gasteiger charge is 2.35. The maximum absolute atomic E-state index is 3.69. The van der Waals surface area contributed by atoms with E-state index in [1.807, 2.05) is 0 Å². The lowest BCUT2D eigenvalue weighted by Crippen LogP contribution is -2.54. The Hall–Kier alpha value is -0.500. The maximum Gasteiger partial charge on any atom is 0.0147 e. The van der Waals surface area contributed by atoms with Crippen molar-refractivity contribution in [3.05, 3.63) is 12.8 Å². The smallest absolute Gasteiger partial charge is 0.0147 e. The van der Waals surface area contributed by atoms with Crippen LogP contribution in [0.5, 0.6) is 0 Å². The highest BCUT2D eigenvalue weighted by molar-refractivity contribution is 4.93. The number of hydrogen-bond donors (Lipinski definition) is 2. The topological polar surface area (TPSA) is 24.1 Å². The molecule has 0 aromatic heterocycles. The molecule has 2 heteroatoms. The number of rotatable bonds is 7. The third-order valence-electron chi connectivity index (χ3n) is 3.58. The highest BCUT2D eigenvalue weighted by Crippen LogP contribution is 2.34. The molecule has 1 aliphatic heterocycles. The van der Waals surface area contributed by atoms with E-state index in [1.165, 1.54) is 38.8 Å². The second kappa shape index (κ2) is 5.72. The van der Waals surface area contributed by atoms with E-state index < -0.39 is 0 Å². The Balaban J connectivity index is 2.22. The molecule has 0 radical (unpaired) electrons. The summed E-state index contributed by atoms with van der Waals surface area (Å²) in [6.07, 6.45) is 7.14. The zero-order valence-corrected chi connectivity index (χ0v) is 11.2. The molecule has 2 nitrogen and oxygen atoms in total. The van der Waals surface area contributed by atoms with E-state index in [-0.39, 0.29) is 0 Å². The zero-order chi connectivity index (χ0) is 12.1. The van der Waals surface area contributed by atoms with Crippen LogP contribution in [0.1, 0.15) is 46.5 Å². The van der Waals surface area contributed by atoms with E-state index in [2.05, 4.69) is 38.0 Å². The number of nitrogens with one attached hydrogen (secondary N) is 2. The van der Waals surface area contributed by atoms with Crippen molar-refractivity contribution in [3.63, 3.8) is 0 Å². The molecule has 1 aliphatic rings. The van der Waals surface area contributed by atoms with Gasteiger partial charge in [-0.2, -0.15) is 0 Å². The molecule has 0 bridgehead atoms.